The van der Waals surface area contributed by atoms with Crippen molar-refractivity contribution < 1.29 is 14.3 Å². The third-order valence-electron chi connectivity index (χ3n) is 4.57. The molecule has 6 heteroatoms. The van der Waals surface area contributed by atoms with E-state index in [4.69, 9.17) is 16.3 Å². The molecule has 0 spiro atoms. The molecule has 0 atom stereocenters. The highest BCUT2D eigenvalue weighted by Crippen LogP contribution is 2.47. The van der Waals surface area contributed by atoms with Gasteiger partial charge in [0.05, 0.1) is 17.9 Å². The number of urea groups is 1. The number of para-hydroxylation sites is 1. The Labute approximate surface area is 157 Å². The van der Waals surface area contributed by atoms with Crippen molar-refractivity contribution in [2.75, 3.05) is 18.5 Å². The largest absolute Gasteiger partial charge is 0.462 e. The van der Waals surface area contributed by atoms with Crippen LogP contribution in [0.1, 0.15) is 35.7 Å². The topological polar surface area (TPSA) is 67.4 Å². The van der Waals surface area contributed by atoms with Crippen LogP contribution in [0.5, 0.6) is 0 Å². The number of hydrogen-bond donors (Lipinski definition) is 2. The number of rotatable bonds is 6. The lowest BCUT2D eigenvalue weighted by Gasteiger charge is -2.17. The van der Waals surface area contributed by atoms with Crippen molar-refractivity contribution in [3.05, 3.63) is 64.7 Å². The van der Waals surface area contributed by atoms with Gasteiger partial charge in [0.2, 0.25) is 0 Å². The molecule has 0 heterocycles. The van der Waals surface area contributed by atoms with Gasteiger partial charge in [-0.2, -0.15) is 0 Å². The Morgan fingerprint density at radius 3 is 2.46 bits per heavy atom. The summed E-state index contributed by atoms with van der Waals surface area (Å²) in [6, 6.07) is 14.2. The SMILES string of the molecule is CCOC(=O)c1ccccc1NC(=O)NCC1(c2ccc(Cl)cc2)CC1. The van der Waals surface area contributed by atoms with Gasteiger partial charge >= 0.3 is 12.0 Å². The molecule has 136 valence electrons. The van der Waals surface area contributed by atoms with Crippen molar-refractivity contribution in [1.29, 1.82) is 0 Å². The number of halogens is 1. The van der Waals surface area contributed by atoms with Crippen LogP contribution in [0.2, 0.25) is 5.02 Å². The quantitative estimate of drug-likeness (QED) is 0.740. The Kier molecular flexibility index (Phi) is 5.47. The first-order valence-electron chi connectivity index (χ1n) is 8.61. The number of benzene rings is 2. The lowest BCUT2D eigenvalue weighted by Crippen LogP contribution is -2.35. The molecule has 0 radical (unpaired) electrons. The van der Waals surface area contributed by atoms with Crippen molar-refractivity contribution in [3.8, 4) is 0 Å². The van der Waals surface area contributed by atoms with E-state index in [2.05, 4.69) is 10.6 Å². The Balaban J connectivity index is 1.62. The molecule has 0 aromatic heterocycles. The highest BCUT2D eigenvalue weighted by atomic mass is 35.5. The van der Waals surface area contributed by atoms with Crippen LogP contribution < -0.4 is 10.6 Å². The number of nitrogens with one attached hydrogen (secondary N) is 2. The molecule has 2 amide bonds. The van der Waals surface area contributed by atoms with E-state index in [1.807, 2.05) is 24.3 Å². The van der Waals surface area contributed by atoms with Gasteiger partial charge < -0.3 is 15.4 Å². The van der Waals surface area contributed by atoms with E-state index >= 15 is 0 Å². The number of carbonyl (C=O) groups is 2. The molecule has 3 rings (SSSR count). The van der Waals surface area contributed by atoms with Gasteiger partial charge in [-0.05, 0) is 49.6 Å². The maximum absolute atomic E-state index is 12.3. The highest BCUT2D eigenvalue weighted by molar-refractivity contribution is 6.30. The second-order valence-corrected chi connectivity index (χ2v) is 6.80. The summed E-state index contributed by atoms with van der Waals surface area (Å²) >= 11 is 5.95. The summed E-state index contributed by atoms with van der Waals surface area (Å²) in [5.74, 6) is -0.455. The summed E-state index contributed by atoms with van der Waals surface area (Å²) in [6.07, 6.45) is 2.04. The van der Waals surface area contributed by atoms with E-state index in [1.54, 1.807) is 31.2 Å². The van der Waals surface area contributed by atoms with Crippen LogP contribution in [-0.4, -0.2) is 25.2 Å². The summed E-state index contributed by atoms with van der Waals surface area (Å²) in [5, 5.41) is 6.35. The zero-order valence-electron chi connectivity index (χ0n) is 14.5. The summed E-state index contributed by atoms with van der Waals surface area (Å²) < 4.78 is 5.02. The minimum absolute atomic E-state index is 0.0252. The normalized spacial score (nSPS) is 14.4. The van der Waals surface area contributed by atoms with Crippen LogP contribution in [0, 0.1) is 0 Å². The maximum Gasteiger partial charge on any atom is 0.340 e. The maximum atomic E-state index is 12.3. The molecule has 2 aromatic carbocycles. The molecule has 0 bridgehead atoms. The van der Waals surface area contributed by atoms with Gasteiger partial charge in [0.25, 0.3) is 0 Å². The molecule has 2 aromatic rings. The number of carbonyl (C=O) groups excluding carboxylic acids is 2. The fraction of sp³-hybridized carbons (Fsp3) is 0.300. The summed E-state index contributed by atoms with van der Waals surface area (Å²) in [4.78, 5) is 24.3. The Morgan fingerprint density at radius 1 is 1.12 bits per heavy atom. The lowest BCUT2D eigenvalue weighted by atomic mass is 9.96. The van der Waals surface area contributed by atoms with Gasteiger partial charge in [-0.25, -0.2) is 9.59 Å². The first-order chi connectivity index (χ1) is 12.5. The minimum Gasteiger partial charge on any atom is -0.462 e. The molecule has 1 aliphatic carbocycles. The van der Waals surface area contributed by atoms with Gasteiger partial charge in [-0.1, -0.05) is 35.9 Å². The standard InChI is InChI=1S/C20H21ClN2O3/c1-2-26-18(24)16-5-3-4-6-17(16)23-19(25)22-13-20(11-12-20)14-7-9-15(21)10-8-14/h3-10H,2,11-13H2,1H3,(H2,22,23,25). The van der Waals surface area contributed by atoms with Crippen LogP contribution in [0.25, 0.3) is 0 Å². The van der Waals surface area contributed by atoms with Gasteiger partial charge in [0.15, 0.2) is 0 Å². The van der Waals surface area contributed by atoms with E-state index in [-0.39, 0.29) is 18.1 Å². The van der Waals surface area contributed by atoms with Crippen LogP contribution in [0.15, 0.2) is 48.5 Å². The van der Waals surface area contributed by atoms with Gasteiger partial charge in [0, 0.05) is 17.0 Å². The van der Waals surface area contributed by atoms with Gasteiger partial charge in [-0.3, -0.25) is 0 Å². The monoisotopic (exact) mass is 372 g/mol. The van der Waals surface area contributed by atoms with Crippen molar-refractivity contribution in [1.82, 2.24) is 5.32 Å². The molecule has 1 saturated carbocycles. The second-order valence-electron chi connectivity index (χ2n) is 6.36. The van der Waals surface area contributed by atoms with Crippen molar-refractivity contribution in [2.45, 2.75) is 25.2 Å². The second kappa shape index (κ2) is 7.79. The van der Waals surface area contributed by atoms with E-state index in [9.17, 15) is 9.59 Å². The predicted molar refractivity (Wildman–Crippen MR) is 102 cm³/mol. The molecule has 0 aliphatic heterocycles. The highest BCUT2D eigenvalue weighted by Gasteiger charge is 2.44. The summed E-state index contributed by atoms with van der Waals surface area (Å²) in [7, 11) is 0. The van der Waals surface area contributed by atoms with Crippen molar-refractivity contribution >= 4 is 29.3 Å². The minimum atomic E-state index is -0.455. The molecule has 0 unspecified atom stereocenters. The zero-order valence-corrected chi connectivity index (χ0v) is 15.3. The molecule has 26 heavy (non-hydrogen) atoms. The first kappa shape index (κ1) is 18.3. The van der Waals surface area contributed by atoms with E-state index in [0.29, 0.717) is 22.8 Å². The van der Waals surface area contributed by atoms with E-state index < -0.39 is 5.97 Å². The number of anilines is 1. The summed E-state index contributed by atoms with van der Waals surface area (Å²) in [6.45, 7) is 2.55. The third-order valence-corrected chi connectivity index (χ3v) is 4.82. The van der Waals surface area contributed by atoms with Crippen molar-refractivity contribution in [3.63, 3.8) is 0 Å². The Bertz CT molecular complexity index is 801. The molecular weight excluding hydrogens is 352 g/mol. The van der Waals surface area contributed by atoms with E-state index in [0.717, 1.165) is 12.8 Å². The molecule has 2 N–H and O–H groups in total. The number of amides is 2. The zero-order chi connectivity index (χ0) is 18.6. The predicted octanol–water partition coefficient (Wildman–Crippen LogP) is 4.37. The van der Waals surface area contributed by atoms with Gasteiger partial charge in [-0.15, -0.1) is 0 Å². The average molecular weight is 373 g/mol. The van der Waals surface area contributed by atoms with E-state index in [1.165, 1.54) is 5.56 Å². The Morgan fingerprint density at radius 2 is 1.81 bits per heavy atom. The number of esters is 1. The molecular formula is C20H21ClN2O3. The summed E-state index contributed by atoms with van der Waals surface area (Å²) in [5.41, 5.74) is 1.92. The molecule has 1 aliphatic rings. The molecule has 0 saturated heterocycles. The number of ether oxygens (including phenoxy) is 1. The van der Waals surface area contributed by atoms with Crippen LogP contribution in [-0.2, 0) is 10.2 Å². The fourth-order valence-electron chi connectivity index (χ4n) is 2.92. The fourth-order valence-corrected chi connectivity index (χ4v) is 3.04. The van der Waals surface area contributed by atoms with Crippen LogP contribution >= 0.6 is 11.6 Å². The lowest BCUT2D eigenvalue weighted by molar-refractivity contribution is 0.0527. The first-order valence-corrected chi connectivity index (χ1v) is 8.99. The smallest absolute Gasteiger partial charge is 0.340 e. The van der Waals surface area contributed by atoms with Crippen LogP contribution in [0.4, 0.5) is 10.5 Å². The third kappa shape index (κ3) is 4.17. The van der Waals surface area contributed by atoms with Gasteiger partial charge in [0.1, 0.15) is 0 Å². The molecule has 1 fully saturated rings. The Hall–Kier alpha value is -2.53. The van der Waals surface area contributed by atoms with Crippen molar-refractivity contribution in [2.24, 2.45) is 0 Å². The molecule has 5 nitrogen and oxygen atoms in total. The number of hydrogen-bond acceptors (Lipinski definition) is 3. The average Bonchev–Trinajstić information content (AvgIpc) is 3.42. The van der Waals surface area contributed by atoms with Crippen LogP contribution in [0.3, 0.4) is 0 Å².